The smallest absolute Gasteiger partial charge is 0.354 e. The Morgan fingerprint density at radius 1 is 1.02 bits per heavy atom. The number of rotatable bonds is 9. The number of hydrogen-bond donors (Lipinski definition) is 3. The van der Waals surface area contributed by atoms with E-state index < -0.39 is 24.7 Å². The average molecular weight is 611 g/mol. The van der Waals surface area contributed by atoms with Crippen molar-refractivity contribution >= 4 is 34.4 Å². The number of carbonyl (C=O) groups excluding carboxylic acids is 3. The van der Waals surface area contributed by atoms with Crippen LogP contribution >= 0.6 is 0 Å². The predicted molar refractivity (Wildman–Crippen MR) is 166 cm³/mol. The van der Waals surface area contributed by atoms with Crippen molar-refractivity contribution in [1.29, 1.82) is 0 Å². The van der Waals surface area contributed by atoms with Gasteiger partial charge in [-0.25, -0.2) is 9.18 Å². The lowest BCUT2D eigenvalue weighted by Crippen LogP contribution is -2.50. The number of halogens is 1. The summed E-state index contributed by atoms with van der Waals surface area (Å²) < 4.78 is 24.1. The van der Waals surface area contributed by atoms with Gasteiger partial charge in [0.2, 0.25) is 11.8 Å². The predicted octanol–water partition coefficient (Wildman–Crippen LogP) is 5.34. The Labute approximate surface area is 258 Å². The van der Waals surface area contributed by atoms with Gasteiger partial charge in [-0.3, -0.25) is 9.59 Å². The van der Waals surface area contributed by atoms with Crippen LogP contribution in [0.3, 0.4) is 0 Å². The number of aromatic amines is 1. The second-order valence-electron chi connectivity index (χ2n) is 13.5. The second-order valence-corrected chi connectivity index (χ2v) is 13.5. The van der Waals surface area contributed by atoms with Gasteiger partial charge in [0.05, 0.1) is 6.10 Å². The Kier molecular flexibility index (Phi) is 9.86. The van der Waals surface area contributed by atoms with Crippen LogP contribution in [-0.4, -0.2) is 72.3 Å². The minimum absolute atomic E-state index is 0.0423. The quantitative estimate of drug-likeness (QED) is 0.329. The number of H-pyrrole nitrogens is 1. The molecule has 4 fully saturated rings. The van der Waals surface area contributed by atoms with E-state index in [0.717, 1.165) is 55.8 Å². The molecule has 1 aromatic heterocycles. The minimum Gasteiger partial charge on any atom is -0.458 e. The second kappa shape index (κ2) is 14.0. The first kappa shape index (κ1) is 31.0. The third kappa shape index (κ3) is 6.81. The summed E-state index contributed by atoms with van der Waals surface area (Å²) >= 11 is 0. The van der Waals surface area contributed by atoms with Crippen molar-refractivity contribution in [2.45, 2.75) is 95.2 Å². The lowest BCUT2D eigenvalue weighted by atomic mass is 9.76. The number of nitrogens with two attached hydrogens (primary N) is 1. The van der Waals surface area contributed by atoms with E-state index in [1.54, 1.807) is 6.07 Å². The van der Waals surface area contributed by atoms with E-state index in [2.05, 4.69) is 10.3 Å². The third-order valence-electron chi connectivity index (χ3n) is 10.7. The molecule has 44 heavy (non-hydrogen) atoms. The van der Waals surface area contributed by atoms with Gasteiger partial charge in [0.25, 0.3) is 0 Å². The van der Waals surface area contributed by atoms with Crippen LogP contribution in [0.2, 0.25) is 0 Å². The van der Waals surface area contributed by atoms with Crippen molar-refractivity contribution in [3.8, 4) is 0 Å². The summed E-state index contributed by atoms with van der Waals surface area (Å²) in [6, 6.07) is 6.29. The molecule has 4 atom stereocenters. The van der Waals surface area contributed by atoms with Gasteiger partial charge in [-0.1, -0.05) is 32.1 Å². The van der Waals surface area contributed by atoms with E-state index in [4.69, 9.17) is 15.2 Å². The Morgan fingerprint density at radius 2 is 1.82 bits per heavy atom. The molecule has 2 saturated carbocycles. The summed E-state index contributed by atoms with van der Waals surface area (Å²) in [6.45, 7) is 1.00. The molecule has 4 aliphatic rings. The van der Waals surface area contributed by atoms with Crippen LogP contribution in [-0.2, 0) is 19.1 Å². The molecule has 4 N–H and O–H groups in total. The van der Waals surface area contributed by atoms with Gasteiger partial charge in [0.1, 0.15) is 25.0 Å². The van der Waals surface area contributed by atoms with E-state index in [9.17, 15) is 18.8 Å². The Hall–Kier alpha value is -2.98. The molecule has 0 bridgehead atoms. The molecule has 6 rings (SSSR count). The molecule has 2 aliphatic carbocycles. The standard InChI is InChI=1S/C34H47FN4O5/c35-19-28(36)22-8-10-23(11-9-22)33(41)39-15-14-27(21-5-2-1-3-6-21)31(39)32(40)37-25-12-13-29-24(17-25)18-30(38-29)34(42)44-20-26-7-4-16-43-26/h12-13,17-18,21-23,26-28,31,38H,1-11,14-16,19-20,36H2,(H,37,40)/t22?,23?,26?,27?,28-,31+/m1/s1. The first-order chi connectivity index (χ1) is 21.4. The summed E-state index contributed by atoms with van der Waals surface area (Å²) in [5.74, 6) is 0.0200. The number of benzene rings is 1. The summed E-state index contributed by atoms with van der Waals surface area (Å²) in [4.78, 5) is 45.6. The topological polar surface area (TPSA) is 127 Å². The Bertz CT molecular complexity index is 1310. The highest BCUT2D eigenvalue weighted by Crippen LogP contribution is 2.41. The molecule has 240 valence electrons. The van der Waals surface area contributed by atoms with Crippen molar-refractivity contribution in [3.63, 3.8) is 0 Å². The molecular formula is C34H47FN4O5. The third-order valence-corrected chi connectivity index (χ3v) is 10.7. The number of nitrogens with zero attached hydrogens (tertiary/aromatic N) is 1. The monoisotopic (exact) mass is 610 g/mol. The van der Waals surface area contributed by atoms with Crippen LogP contribution in [0.5, 0.6) is 0 Å². The highest BCUT2D eigenvalue weighted by molar-refractivity contribution is 6.01. The van der Waals surface area contributed by atoms with Gasteiger partial charge in [0.15, 0.2) is 0 Å². The lowest BCUT2D eigenvalue weighted by Gasteiger charge is -2.36. The molecule has 2 aromatic rings. The van der Waals surface area contributed by atoms with Crippen LogP contribution in [0.1, 0.15) is 87.5 Å². The molecule has 1 aromatic carbocycles. The van der Waals surface area contributed by atoms with Gasteiger partial charge in [-0.15, -0.1) is 0 Å². The van der Waals surface area contributed by atoms with Gasteiger partial charge in [-0.05, 0) is 87.0 Å². The lowest BCUT2D eigenvalue weighted by molar-refractivity contribution is -0.142. The maximum Gasteiger partial charge on any atom is 0.354 e. The van der Waals surface area contributed by atoms with Crippen LogP contribution in [0.4, 0.5) is 10.1 Å². The molecule has 10 heteroatoms. The molecule has 2 unspecified atom stereocenters. The number of esters is 1. The minimum atomic E-state index is -0.531. The number of fused-ring (bicyclic) bond motifs is 1. The largest absolute Gasteiger partial charge is 0.458 e. The summed E-state index contributed by atoms with van der Waals surface area (Å²) in [7, 11) is 0. The number of hydrogen-bond acceptors (Lipinski definition) is 6. The van der Waals surface area contributed by atoms with Crippen molar-refractivity contribution in [3.05, 3.63) is 30.0 Å². The number of ether oxygens (including phenoxy) is 2. The molecule has 0 spiro atoms. The fraction of sp³-hybridized carbons (Fsp3) is 0.676. The number of anilines is 1. The number of amides is 2. The van der Waals surface area contributed by atoms with Crippen LogP contribution in [0, 0.1) is 23.7 Å². The zero-order valence-corrected chi connectivity index (χ0v) is 25.6. The van der Waals surface area contributed by atoms with Crippen molar-refractivity contribution in [2.24, 2.45) is 29.4 Å². The fourth-order valence-electron chi connectivity index (χ4n) is 8.17. The highest BCUT2D eigenvalue weighted by Gasteiger charge is 2.47. The molecular weight excluding hydrogens is 563 g/mol. The van der Waals surface area contributed by atoms with E-state index in [1.165, 1.54) is 19.3 Å². The first-order valence-electron chi connectivity index (χ1n) is 16.8. The van der Waals surface area contributed by atoms with Gasteiger partial charge >= 0.3 is 5.97 Å². The van der Waals surface area contributed by atoms with Gasteiger partial charge in [0, 0.05) is 41.7 Å². The zero-order chi connectivity index (χ0) is 30.6. The number of aromatic nitrogens is 1. The van der Waals surface area contributed by atoms with Crippen LogP contribution < -0.4 is 11.1 Å². The number of alkyl halides is 1. The van der Waals surface area contributed by atoms with E-state index in [1.807, 2.05) is 23.1 Å². The molecule has 0 radical (unpaired) electrons. The van der Waals surface area contributed by atoms with E-state index in [-0.39, 0.29) is 42.3 Å². The van der Waals surface area contributed by atoms with E-state index >= 15 is 0 Å². The number of carbonyl (C=O) groups is 3. The molecule has 2 saturated heterocycles. The maximum absolute atomic E-state index is 14.0. The molecule has 9 nitrogen and oxygen atoms in total. The highest BCUT2D eigenvalue weighted by atomic mass is 19.1. The van der Waals surface area contributed by atoms with Crippen molar-refractivity contribution in [1.82, 2.24) is 9.88 Å². The molecule has 2 aliphatic heterocycles. The number of nitrogens with one attached hydrogen (secondary N) is 2. The Morgan fingerprint density at radius 3 is 2.55 bits per heavy atom. The van der Waals surface area contributed by atoms with Gasteiger partial charge in [-0.2, -0.15) is 0 Å². The van der Waals surface area contributed by atoms with Crippen LogP contribution in [0.25, 0.3) is 10.9 Å². The fourth-order valence-corrected chi connectivity index (χ4v) is 8.17. The summed E-state index contributed by atoms with van der Waals surface area (Å²) in [6.07, 6.45) is 11.3. The van der Waals surface area contributed by atoms with Crippen molar-refractivity contribution < 1.29 is 28.2 Å². The molecule has 2 amide bonds. The average Bonchev–Trinajstić information content (AvgIpc) is 3.83. The summed E-state index contributed by atoms with van der Waals surface area (Å²) in [5.41, 5.74) is 7.72. The van der Waals surface area contributed by atoms with E-state index in [0.29, 0.717) is 43.3 Å². The first-order valence-corrected chi connectivity index (χ1v) is 16.8. The Balaban J connectivity index is 1.15. The van der Waals surface area contributed by atoms with Crippen LogP contribution in [0.15, 0.2) is 24.3 Å². The zero-order valence-electron chi connectivity index (χ0n) is 25.6. The van der Waals surface area contributed by atoms with Gasteiger partial charge < -0.3 is 30.4 Å². The number of likely N-dealkylation sites (tertiary alicyclic amines) is 1. The SMILES string of the molecule is N[C@H](CF)C1CCC(C(=O)N2CCC(C3CCCCC3)[C@H]2C(=O)Nc2ccc3[nH]c(C(=O)OCC4CCCO4)cc3c2)CC1. The summed E-state index contributed by atoms with van der Waals surface area (Å²) in [5, 5.41) is 3.92. The normalized spacial score (nSPS) is 28.7. The molecule has 3 heterocycles. The maximum atomic E-state index is 14.0. The van der Waals surface area contributed by atoms with Crippen molar-refractivity contribution in [2.75, 3.05) is 31.7 Å².